The third-order valence-corrected chi connectivity index (χ3v) is 4.12. The Morgan fingerprint density at radius 2 is 2.17 bits per heavy atom. The van der Waals surface area contributed by atoms with Gasteiger partial charge in [0.25, 0.3) is 11.5 Å². The molecule has 2 N–H and O–H groups in total. The lowest BCUT2D eigenvalue weighted by Crippen LogP contribution is -2.20. The number of anilines is 1. The number of aromatic amines is 1. The molecule has 0 aliphatic rings. The van der Waals surface area contributed by atoms with Crippen LogP contribution in [0.2, 0.25) is 5.02 Å². The minimum absolute atomic E-state index is 0.157. The highest BCUT2D eigenvalue weighted by molar-refractivity contribution is 9.10. The van der Waals surface area contributed by atoms with Gasteiger partial charge in [-0.3, -0.25) is 9.59 Å². The van der Waals surface area contributed by atoms with E-state index < -0.39 is 5.91 Å². The van der Waals surface area contributed by atoms with E-state index in [0.29, 0.717) is 20.8 Å². The van der Waals surface area contributed by atoms with Gasteiger partial charge in [0.05, 0.1) is 23.1 Å². The SMILES string of the molecule is Cc1c(C(=O)Nc2cc(Br)c[nH]c2=O)cnn1-c1cccc(Cl)c1. The van der Waals surface area contributed by atoms with Gasteiger partial charge in [0.2, 0.25) is 0 Å². The Balaban J connectivity index is 1.92. The van der Waals surface area contributed by atoms with Gasteiger partial charge in [-0.1, -0.05) is 17.7 Å². The molecule has 2 heterocycles. The first kappa shape index (κ1) is 16.5. The van der Waals surface area contributed by atoms with Crippen molar-refractivity contribution >= 4 is 39.1 Å². The van der Waals surface area contributed by atoms with Crippen molar-refractivity contribution in [2.75, 3.05) is 5.32 Å². The van der Waals surface area contributed by atoms with E-state index in [-0.39, 0.29) is 11.2 Å². The van der Waals surface area contributed by atoms with Crippen molar-refractivity contribution in [1.82, 2.24) is 14.8 Å². The van der Waals surface area contributed by atoms with Crippen molar-refractivity contribution in [3.63, 3.8) is 0 Å². The molecule has 3 rings (SSSR count). The normalized spacial score (nSPS) is 10.6. The quantitative estimate of drug-likeness (QED) is 0.697. The smallest absolute Gasteiger partial charge is 0.271 e. The van der Waals surface area contributed by atoms with E-state index in [2.05, 4.69) is 31.3 Å². The van der Waals surface area contributed by atoms with Crippen molar-refractivity contribution in [3.05, 3.63) is 73.8 Å². The summed E-state index contributed by atoms with van der Waals surface area (Å²) < 4.78 is 2.27. The van der Waals surface area contributed by atoms with Crippen molar-refractivity contribution in [3.8, 4) is 5.69 Å². The van der Waals surface area contributed by atoms with Crippen LogP contribution < -0.4 is 10.9 Å². The van der Waals surface area contributed by atoms with Gasteiger partial charge >= 0.3 is 0 Å². The maximum absolute atomic E-state index is 12.5. The van der Waals surface area contributed by atoms with Gasteiger partial charge in [0.15, 0.2) is 0 Å². The Bertz CT molecular complexity index is 980. The number of aromatic nitrogens is 3. The number of hydrogen-bond acceptors (Lipinski definition) is 3. The minimum atomic E-state index is -0.413. The minimum Gasteiger partial charge on any atom is -0.326 e. The van der Waals surface area contributed by atoms with E-state index in [0.717, 1.165) is 5.69 Å². The zero-order valence-corrected chi connectivity index (χ0v) is 14.9. The van der Waals surface area contributed by atoms with Gasteiger partial charge in [-0.15, -0.1) is 0 Å². The summed E-state index contributed by atoms with van der Waals surface area (Å²) in [5.41, 5.74) is 1.53. The molecule has 0 fully saturated rings. The third-order valence-electron chi connectivity index (χ3n) is 3.42. The molecule has 0 aliphatic carbocycles. The predicted octanol–water partition coefficient (Wildman–Crippen LogP) is 3.54. The van der Waals surface area contributed by atoms with Gasteiger partial charge < -0.3 is 10.3 Å². The fourth-order valence-electron chi connectivity index (χ4n) is 2.24. The molecule has 2 aromatic heterocycles. The van der Waals surface area contributed by atoms with Crippen LogP contribution in [0.5, 0.6) is 0 Å². The second-order valence-electron chi connectivity index (χ2n) is 5.05. The maximum atomic E-state index is 12.5. The average Bonchev–Trinajstić information content (AvgIpc) is 2.92. The van der Waals surface area contributed by atoms with E-state index in [1.807, 2.05) is 6.07 Å². The number of rotatable bonds is 3. The highest BCUT2D eigenvalue weighted by Crippen LogP contribution is 2.19. The standard InChI is InChI=1S/C16H12BrClN4O2/c1-9-13(8-20-22(9)12-4-2-3-11(18)6-12)15(23)21-14-5-10(17)7-19-16(14)24/h2-8H,1H3,(H,19,24)(H,21,23). The first-order valence-electron chi connectivity index (χ1n) is 6.96. The van der Waals surface area contributed by atoms with Gasteiger partial charge in [-0.05, 0) is 47.1 Å². The second-order valence-corrected chi connectivity index (χ2v) is 6.40. The van der Waals surface area contributed by atoms with Crippen LogP contribution in [0.3, 0.4) is 0 Å². The predicted molar refractivity (Wildman–Crippen MR) is 96.0 cm³/mol. The van der Waals surface area contributed by atoms with Crippen molar-refractivity contribution in [1.29, 1.82) is 0 Å². The Hall–Kier alpha value is -2.38. The zero-order chi connectivity index (χ0) is 17.3. The van der Waals surface area contributed by atoms with E-state index >= 15 is 0 Å². The molecule has 0 saturated heterocycles. The van der Waals surface area contributed by atoms with E-state index in [1.165, 1.54) is 18.5 Å². The molecule has 122 valence electrons. The molecular formula is C16H12BrClN4O2. The number of nitrogens with zero attached hydrogens (tertiary/aromatic N) is 2. The van der Waals surface area contributed by atoms with Gasteiger partial charge in [-0.2, -0.15) is 5.10 Å². The Morgan fingerprint density at radius 3 is 2.92 bits per heavy atom. The molecule has 0 saturated carbocycles. The van der Waals surface area contributed by atoms with Crippen molar-refractivity contribution in [2.24, 2.45) is 0 Å². The fraction of sp³-hybridized carbons (Fsp3) is 0.0625. The molecule has 3 aromatic rings. The number of benzene rings is 1. The van der Waals surface area contributed by atoms with Gasteiger partial charge in [0.1, 0.15) is 5.69 Å². The summed E-state index contributed by atoms with van der Waals surface area (Å²) in [7, 11) is 0. The van der Waals surface area contributed by atoms with Crippen LogP contribution in [-0.2, 0) is 0 Å². The summed E-state index contributed by atoms with van der Waals surface area (Å²) in [6, 6.07) is 8.69. The molecule has 1 amide bonds. The van der Waals surface area contributed by atoms with E-state index in [4.69, 9.17) is 11.6 Å². The Kier molecular flexibility index (Phi) is 4.55. The molecule has 0 atom stereocenters. The Labute approximate surface area is 150 Å². The zero-order valence-electron chi connectivity index (χ0n) is 12.5. The number of amides is 1. The summed E-state index contributed by atoms with van der Waals surface area (Å²) in [6.45, 7) is 1.77. The molecule has 0 bridgehead atoms. The number of carbonyl (C=O) groups excluding carboxylic acids is 1. The van der Waals surface area contributed by atoms with Crippen LogP contribution in [-0.4, -0.2) is 20.7 Å². The van der Waals surface area contributed by atoms with E-state index in [9.17, 15) is 9.59 Å². The molecule has 0 unspecified atom stereocenters. The molecule has 1 aromatic carbocycles. The molecule has 8 heteroatoms. The van der Waals surface area contributed by atoms with Crippen LogP contribution in [0, 0.1) is 6.92 Å². The fourth-order valence-corrected chi connectivity index (χ4v) is 2.77. The van der Waals surface area contributed by atoms with Gasteiger partial charge in [0, 0.05) is 15.7 Å². The lowest BCUT2D eigenvalue weighted by molar-refractivity contribution is 0.102. The lowest BCUT2D eigenvalue weighted by Gasteiger charge is -2.07. The largest absolute Gasteiger partial charge is 0.326 e. The summed E-state index contributed by atoms with van der Waals surface area (Å²) in [6.07, 6.45) is 2.96. The number of hydrogen-bond donors (Lipinski definition) is 2. The van der Waals surface area contributed by atoms with Gasteiger partial charge in [-0.25, -0.2) is 4.68 Å². The van der Waals surface area contributed by atoms with Crippen LogP contribution in [0.1, 0.15) is 16.1 Å². The molecule has 6 nitrogen and oxygen atoms in total. The summed E-state index contributed by atoms with van der Waals surface area (Å²) in [5, 5.41) is 7.40. The number of nitrogens with one attached hydrogen (secondary N) is 2. The molecule has 24 heavy (non-hydrogen) atoms. The number of H-pyrrole nitrogens is 1. The van der Waals surface area contributed by atoms with Crippen LogP contribution in [0.25, 0.3) is 5.69 Å². The van der Waals surface area contributed by atoms with Crippen LogP contribution in [0.4, 0.5) is 5.69 Å². The molecule has 0 spiro atoms. The van der Waals surface area contributed by atoms with E-state index in [1.54, 1.807) is 29.8 Å². The number of halogens is 2. The second kappa shape index (κ2) is 6.62. The third kappa shape index (κ3) is 3.27. The first-order valence-corrected chi connectivity index (χ1v) is 8.13. The molecule has 0 radical (unpaired) electrons. The van der Waals surface area contributed by atoms with Crippen LogP contribution in [0.15, 0.2) is 52.0 Å². The maximum Gasteiger partial charge on any atom is 0.271 e. The monoisotopic (exact) mass is 406 g/mol. The highest BCUT2D eigenvalue weighted by Gasteiger charge is 2.16. The van der Waals surface area contributed by atoms with Crippen LogP contribution >= 0.6 is 27.5 Å². The molecule has 0 aliphatic heterocycles. The Morgan fingerprint density at radius 1 is 1.38 bits per heavy atom. The van der Waals surface area contributed by atoms with Crippen molar-refractivity contribution in [2.45, 2.75) is 6.92 Å². The summed E-state index contributed by atoms with van der Waals surface area (Å²) >= 11 is 9.24. The highest BCUT2D eigenvalue weighted by atomic mass is 79.9. The summed E-state index contributed by atoms with van der Waals surface area (Å²) in [4.78, 5) is 26.7. The van der Waals surface area contributed by atoms with Crippen molar-refractivity contribution < 1.29 is 4.79 Å². The topological polar surface area (TPSA) is 79.8 Å². The lowest BCUT2D eigenvalue weighted by atomic mass is 10.2. The molecular weight excluding hydrogens is 396 g/mol. The summed E-state index contributed by atoms with van der Waals surface area (Å²) in [5.74, 6) is -0.413. The number of carbonyl (C=O) groups is 1. The first-order chi connectivity index (χ1) is 11.5. The number of pyridine rings is 1. The average molecular weight is 408 g/mol.